The molecule has 0 aromatic heterocycles. The van der Waals surface area contributed by atoms with Gasteiger partial charge in [0, 0.05) is 13.1 Å². The van der Waals surface area contributed by atoms with E-state index in [1.165, 1.54) is 0 Å². The van der Waals surface area contributed by atoms with Crippen LogP contribution in [0.4, 0.5) is 9.59 Å². The first-order chi connectivity index (χ1) is 8.41. The minimum atomic E-state index is -0.788. The number of hydrogen-bond acceptors (Lipinski definition) is 8. The van der Waals surface area contributed by atoms with Crippen molar-refractivity contribution in [2.24, 2.45) is 11.5 Å². The minimum absolute atomic E-state index is 0.0944. The quantitative estimate of drug-likeness (QED) is 0.175. The number of hydrogen-bond donors (Lipinski definition) is 6. The van der Waals surface area contributed by atoms with E-state index in [-0.39, 0.29) is 23.4 Å². The second kappa shape index (κ2) is 9.23. The third-order valence-electron chi connectivity index (χ3n) is 1.08. The second-order valence-electron chi connectivity index (χ2n) is 2.49. The summed E-state index contributed by atoms with van der Waals surface area (Å²) in [6.07, 6.45) is -1.58. The van der Waals surface area contributed by atoms with E-state index in [0.29, 0.717) is 24.1 Å². The zero-order chi connectivity index (χ0) is 14.0. The Balaban J connectivity index is 3.49. The van der Waals surface area contributed by atoms with Crippen LogP contribution in [-0.4, -0.2) is 35.6 Å². The molecule has 0 aromatic carbocycles. The number of amidine groups is 2. The van der Waals surface area contributed by atoms with E-state index in [1.807, 2.05) is 0 Å². The average Bonchev–Trinajstić information content (AvgIpc) is 2.29. The Morgan fingerprint density at radius 2 is 1.28 bits per heavy atom. The predicted molar refractivity (Wildman–Crippen MR) is 68.0 cm³/mol. The summed E-state index contributed by atoms with van der Waals surface area (Å²) in [6, 6.07) is 0. The molecule has 0 spiro atoms. The van der Waals surface area contributed by atoms with E-state index in [9.17, 15) is 9.59 Å². The third-order valence-corrected chi connectivity index (χ3v) is 1.91. The monoisotopic (exact) mass is 296 g/mol. The molecule has 8 N–H and O–H groups in total. The van der Waals surface area contributed by atoms with Gasteiger partial charge in [-0.3, -0.25) is 10.8 Å². The maximum absolute atomic E-state index is 10.9. The molecule has 0 aliphatic rings. The molecule has 0 aromatic rings. The van der Waals surface area contributed by atoms with Gasteiger partial charge in [-0.2, -0.15) is 0 Å². The van der Waals surface area contributed by atoms with Crippen LogP contribution in [0, 0.1) is 10.8 Å². The zero-order valence-electron chi connectivity index (χ0n) is 9.02. The molecule has 0 aliphatic heterocycles. The number of nitrogens with one attached hydrogen (secondary N) is 4. The highest BCUT2D eigenvalue weighted by atomic mass is 32.2. The molecule has 12 heteroatoms. The summed E-state index contributed by atoms with van der Waals surface area (Å²) in [5.41, 5.74) is 9.86. The molecule has 0 rings (SSSR count). The summed E-state index contributed by atoms with van der Waals surface area (Å²) >= 11 is 0.822. The standard InChI is InChI=1S/C6H12N6O4S2/c7-3(8)17-15-5(13)11-1-2-12-6(14)16-18-4(9)10/h1-2H2,(H3,7,8)(H3,9,10)(H,11,13)(H,12,14). The van der Waals surface area contributed by atoms with Gasteiger partial charge in [-0.05, 0) is 0 Å². The van der Waals surface area contributed by atoms with Gasteiger partial charge in [-0.15, -0.1) is 0 Å². The highest BCUT2D eigenvalue weighted by molar-refractivity contribution is 8.10. The first-order valence-corrected chi connectivity index (χ1v) is 5.83. The number of amides is 2. The van der Waals surface area contributed by atoms with Crippen LogP contribution in [0.5, 0.6) is 0 Å². The van der Waals surface area contributed by atoms with Crippen molar-refractivity contribution in [3.63, 3.8) is 0 Å². The van der Waals surface area contributed by atoms with Gasteiger partial charge in [-0.1, -0.05) is 0 Å². The van der Waals surface area contributed by atoms with Crippen LogP contribution in [0.1, 0.15) is 0 Å². The molecule has 0 saturated carbocycles. The van der Waals surface area contributed by atoms with Crippen molar-refractivity contribution in [2.75, 3.05) is 13.1 Å². The molecular formula is C6H12N6O4S2. The fourth-order valence-electron chi connectivity index (χ4n) is 0.554. The number of carbonyl (C=O) groups excluding carboxylic acids is 2. The fraction of sp³-hybridized carbons (Fsp3) is 0.333. The third kappa shape index (κ3) is 10.7. The molecule has 0 unspecified atom stereocenters. The van der Waals surface area contributed by atoms with E-state index in [0.717, 1.165) is 0 Å². The lowest BCUT2D eigenvalue weighted by atomic mass is 10.6. The van der Waals surface area contributed by atoms with Gasteiger partial charge in [0.25, 0.3) is 0 Å². The van der Waals surface area contributed by atoms with Crippen LogP contribution < -0.4 is 22.1 Å². The Labute approximate surface area is 111 Å². The van der Waals surface area contributed by atoms with E-state index in [1.54, 1.807) is 0 Å². The van der Waals surface area contributed by atoms with E-state index < -0.39 is 12.2 Å². The van der Waals surface area contributed by atoms with Crippen molar-refractivity contribution in [1.29, 1.82) is 10.8 Å². The molecule has 0 radical (unpaired) electrons. The molecule has 0 bridgehead atoms. The molecule has 10 nitrogen and oxygen atoms in total. The molecule has 0 heterocycles. The number of carbonyl (C=O) groups is 2. The lowest BCUT2D eigenvalue weighted by Gasteiger charge is -2.06. The number of rotatable bonds is 3. The highest BCUT2D eigenvalue weighted by Crippen LogP contribution is 2.00. The van der Waals surface area contributed by atoms with Crippen LogP contribution in [0.3, 0.4) is 0 Å². The SMILES string of the molecule is N=C(N)SOC(=O)NCCNC(=O)OSC(=N)N. The molecule has 102 valence electrons. The van der Waals surface area contributed by atoms with Crippen molar-refractivity contribution < 1.29 is 18.0 Å². The lowest BCUT2D eigenvalue weighted by Crippen LogP contribution is -2.34. The van der Waals surface area contributed by atoms with Crippen molar-refractivity contribution in [3.8, 4) is 0 Å². The van der Waals surface area contributed by atoms with Crippen LogP contribution in [0.25, 0.3) is 0 Å². The Morgan fingerprint density at radius 1 is 0.944 bits per heavy atom. The Bertz CT molecular complexity index is 306. The average molecular weight is 296 g/mol. The predicted octanol–water partition coefficient (Wildman–Crippen LogP) is -0.478. The van der Waals surface area contributed by atoms with Crippen molar-refractivity contribution in [3.05, 3.63) is 0 Å². The molecule has 0 atom stereocenters. The summed E-state index contributed by atoms with van der Waals surface area (Å²) in [4.78, 5) is 21.8. The van der Waals surface area contributed by atoms with Crippen molar-refractivity contribution in [1.82, 2.24) is 10.6 Å². The summed E-state index contributed by atoms with van der Waals surface area (Å²) < 4.78 is 8.83. The van der Waals surface area contributed by atoms with Gasteiger partial charge in [-0.25, -0.2) is 9.59 Å². The normalized spacial score (nSPS) is 9.11. The van der Waals surface area contributed by atoms with Crippen molar-refractivity contribution in [2.45, 2.75) is 0 Å². The van der Waals surface area contributed by atoms with Crippen LogP contribution in [-0.2, 0) is 8.37 Å². The maximum atomic E-state index is 10.9. The van der Waals surface area contributed by atoms with Crippen LogP contribution >= 0.6 is 24.1 Å². The van der Waals surface area contributed by atoms with Gasteiger partial charge in [0.05, 0.1) is 0 Å². The molecule has 2 amide bonds. The van der Waals surface area contributed by atoms with E-state index in [2.05, 4.69) is 19.0 Å². The Hall–Kier alpha value is -1.82. The van der Waals surface area contributed by atoms with E-state index in [4.69, 9.17) is 22.3 Å². The highest BCUT2D eigenvalue weighted by Gasteiger charge is 2.05. The van der Waals surface area contributed by atoms with E-state index >= 15 is 0 Å². The Kier molecular flexibility index (Phi) is 8.30. The molecule has 18 heavy (non-hydrogen) atoms. The summed E-state index contributed by atoms with van der Waals surface area (Å²) in [7, 11) is 0. The van der Waals surface area contributed by atoms with Gasteiger partial charge in [0.2, 0.25) is 0 Å². The lowest BCUT2D eigenvalue weighted by molar-refractivity contribution is 0.203. The molecule has 0 aliphatic carbocycles. The first kappa shape index (κ1) is 16.2. The van der Waals surface area contributed by atoms with Crippen molar-refractivity contribution >= 4 is 46.6 Å². The van der Waals surface area contributed by atoms with Crippen LogP contribution in [0.2, 0.25) is 0 Å². The molecular weight excluding hydrogens is 284 g/mol. The smallest absolute Gasteiger partial charge is 0.376 e. The van der Waals surface area contributed by atoms with Crippen LogP contribution in [0.15, 0.2) is 0 Å². The van der Waals surface area contributed by atoms with Gasteiger partial charge >= 0.3 is 12.2 Å². The summed E-state index contributed by atoms with van der Waals surface area (Å²) in [5, 5.41) is 17.4. The summed E-state index contributed by atoms with van der Waals surface area (Å²) in [5.74, 6) is 0. The molecule has 0 fully saturated rings. The second-order valence-corrected chi connectivity index (χ2v) is 4.04. The van der Waals surface area contributed by atoms with Gasteiger partial charge in [0.15, 0.2) is 10.3 Å². The number of nitrogens with two attached hydrogens (primary N) is 2. The zero-order valence-corrected chi connectivity index (χ0v) is 10.7. The molecule has 0 saturated heterocycles. The maximum Gasteiger partial charge on any atom is 0.419 e. The Morgan fingerprint density at radius 3 is 1.56 bits per heavy atom. The first-order valence-electron chi connectivity index (χ1n) is 4.34. The fourth-order valence-corrected chi connectivity index (χ4v) is 1.00. The minimum Gasteiger partial charge on any atom is -0.376 e. The largest absolute Gasteiger partial charge is 0.419 e. The van der Waals surface area contributed by atoms with Gasteiger partial charge < -0.3 is 30.5 Å². The van der Waals surface area contributed by atoms with Gasteiger partial charge in [0.1, 0.15) is 24.1 Å². The summed E-state index contributed by atoms with van der Waals surface area (Å²) in [6.45, 7) is 0.189. The topological polar surface area (TPSA) is 176 Å².